The topological polar surface area (TPSA) is 40.5 Å². The van der Waals surface area contributed by atoms with Gasteiger partial charge in [0, 0.05) is 25.4 Å². The molecule has 96 valence electrons. The lowest BCUT2D eigenvalue weighted by atomic mass is 10.1. The van der Waals surface area contributed by atoms with Crippen LogP contribution in [0, 0.1) is 12.3 Å². The summed E-state index contributed by atoms with van der Waals surface area (Å²) in [6.07, 6.45) is 12.9. The van der Waals surface area contributed by atoms with Crippen molar-refractivity contribution in [3.8, 4) is 12.3 Å². The highest BCUT2D eigenvalue weighted by molar-refractivity contribution is 5.76. The zero-order valence-corrected chi connectivity index (χ0v) is 10.5. The Morgan fingerprint density at radius 3 is 2.65 bits per heavy atom. The molecule has 0 spiro atoms. The lowest BCUT2D eigenvalue weighted by molar-refractivity contribution is -0.134. The van der Waals surface area contributed by atoms with Crippen molar-refractivity contribution in [2.45, 2.75) is 57.4 Å². The van der Waals surface area contributed by atoms with Crippen LogP contribution in [0.15, 0.2) is 0 Å². The maximum Gasteiger partial charge on any atom is 0.222 e. The number of carbonyl (C=O) groups excluding carboxylic acids is 1. The number of aliphatic hydroxyl groups is 1. The predicted molar refractivity (Wildman–Crippen MR) is 68.4 cm³/mol. The Morgan fingerprint density at radius 1 is 1.35 bits per heavy atom. The van der Waals surface area contributed by atoms with Crippen molar-refractivity contribution in [1.29, 1.82) is 0 Å². The van der Waals surface area contributed by atoms with Gasteiger partial charge < -0.3 is 10.0 Å². The maximum absolute atomic E-state index is 12.0. The summed E-state index contributed by atoms with van der Waals surface area (Å²) < 4.78 is 0. The molecule has 0 aromatic carbocycles. The average Bonchev–Trinajstić information content (AvgIpc) is 2.85. The fourth-order valence-corrected chi connectivity index (χ4v) is 2.48. The molecule has 3 nitrogen and oxygen atoms in total. The van der Waals surface area contributed by atoms with Crippen LogP contribution < -0.4 is 0 Å². The van der Waals surface area contributed by atoms with E-state index in [2.05, 4.69) is 5.92 Å². The molecule has 1 amide bonds. The van der Waals surface area contributed by atoms with Gasteiger partial charge in [-0.2, -0.15) is 0 Å². The predicted octanol–water partition coefficient (Wildman–Crippen LogP) is 1.94. The average molecular weight is 237 g/mol. The second-order valence-corrected chi connectivity index (χ2v) is 4.66. The van der Waals surface area contributed by atoms with Crippen LogP contribution >= 0.6 is 0 Å². The van der Waals surface area contributed by atoms with E-state index < -0.39 is 0 Å². The minimum absolute atomic E-state index is 0.0621. The summed E-state index contributed by atoms with van der Waals surface area (Å²) in [4.78, 5) is 13.9. The number of nitrogens with zero attached hydrogens (tertiary/aromatic N) is 1. The van der Waals surface area contributed by atoms with Crippen LogP contribution in [0.25, 0.3) is 0 Å². The molecule has 0 bridgehead atoms. The van der Waals surface area contributed by atoms with E-state index >= 15 is 0 Å². The molecule has 0 aromatic rings. The summed E-state index contributed by atoms with van der Waals surface area (Å²) in [5.74, 6) is 2.77. The number of unbranched alkanes of at least 4 members (excludes halogenated alkanes) is 2. The van der Waals surface area contributed by atoms with Crippen LogP contribution in [0.2, 0.25) is 0 Å². The second kappa shape index (κ2) is 8.14. The van der Waals surface area contributed by atoms with Gasteiger partial charge in [-0.1, -0.05) is 12.8 Å². The first-order valence-corrected chi connectivity index (χ1v) is 6.63. The van der Waals surface area contributed by atoms with E-state index in [1.54, 1.807) is 0 Å². The molecule has 1 saturated carbocycles. The molecule has 0 atom stereocenters. The first kappa shape index (κ1) is 14.1. The van der Waals surface area contributed by atoms with Crippen LogP contribution in [-0.4, -0.2) is 35.1 Å². The summed E-state index contributed by atoms with van der Waals surface area (Å²) in [6.45, 7) is 0.547. The summed E-state index contributed by atoms with van der Waals surface area (Å²) in [5, 5.41) is 9.04. The van der Waals surface area contributed by atoms with Gasteiger partial charge in [0.2, 0.25) is 5.91 Å². The zero-order valence-electron chi connectivity index (χ0n) is 10.5. The van der Waals surface area contributed by atoms with Gasteiger partial charge in [0.1, 0.15) is 0 Å². The Bertz CT molecular complexity index is 264. The first-order chi connectivity index (χ1) is 8.29. The summed E-state index contributed by atoms with van der Waals surface area (Å²) >= 11 is 0. The monoisotopic (exact) mass is 237 g/mol. The lowest BCUT2D eigenvalue weighted by Crippen LogP contribution is -2.40. The minimum atomic E-state index is 0.0621. The fraction of sp³-hybridized carbons (Fsp3) is 0.786. The van der Waals surface area contributed by atoms with E-state index in [9.17, 15) is 4.79 Å². The Labute approximate surface area is 104 Å². The third-order valence-corrected chi connectivity index (χ3v) is 3.39. The highest BCUT2D eigenvalue weighted by atomic mass is 16.3. The number of aliphatic hydroxyl groups excluding tert-OH is 1. The molecule has 0 aliphatic heterocycles. The molecule has 0 heterocycles. The van der Waals surface area contributed by atoms with Crippen LogP contribution in [0.1, 0.15) is 51.4 Å². The van der Waals surface area contributed by atoms with Gasteiger partial charge in [-0.3, -0.25) is 4.79 Å². The second-order valence-electron chi connectivity index (χ2n) is 4.66. The van der Waals surface area contributed by atoms with Gasteiger partial charge in [-0.05, 0) is 25.7 Å². The highest BCUT2D eigenvalue weighted by Gasteiger charge is 2.25. The number of terminal acetylenes is 1. The van der Waals surface area contributed by atoms with Crippen molar-refractivity contribution in [3.63, 3.8) is 0 Å². The van der Waals surface area contributed by atoms with Crippen molar-refractivity contribution in [3.05, 3.63) is 0 Å². The van der Waals surface area contributed by atoms with Crippen LogP contribution in [0.3, 0.4) is 0 Å². The van der Waals surface area contributed by atoms with Gasteiger partial charge in [-0.15, -0.1) is 12.3 Å². The number of hydrogen-bond donors (Lipinski definition) is 1. The molecule has 0 aromatic heterocycles. The lowest BCUT2D eigenvalue weighted by Gasteiger charge is -2.28. The molecule has 0 saturated heterocycles. The Morgan fingerprint density at radius 2 is 2.06 bits per heavy atom. The standard InChI is InChI=1S/C14H23NO2/c1-2-3-4-5-10-14(17)15(11-12-16)13-8-6-7-9-13/h1,13,16H,3-12H2. The Balaban J connectivity index is 2.35. The van der Waals surface area contributed by atoms with Gasteiger partial charge in [0.25, 0.3) is 0 Å². The number of rotatable bonds is 7. The van der Waals surface area contributed by atoms with Crippen molar-refractivity contribution in [2.24, 2.45) is 0 Å². The molecule has 1 rings (SSSR count). The SMILES string of the molecule is C#CCCCCC(=O)N(CCO)C1CCCC1. The van der Waals surface area contributed by atoms with E-state index in [1.807, 2.05) is 4.90 Å². The van der Waals surface area contributed by atoms with Crippen molar-refractivity contribution in [2.75, 3.05) is 13.2 Å². The number of hydrogen-bond acceptors (Lipinski definition) is 2. The van der Waals surface area contributed by atoms with E-state index in [0.717, 1.165) is 32.1 Å². The van der Waals surface area contributed by atoms with Crippen LogP contribution in [-0.2, 0) is 4.79 Å². The molecule has 1 aliphatic rings. The van der Waals surface area contributed by atoms with Crippen molar-refractivity contribution < 1.29 is 9.90 Å². The van der Waals surface area contributed by atoms with Gasteiger partial charge in [0.05, 0.1) is 6.61 Å². The Kier molecular flexibility index (Phi) is 6.73. The van der Waals surface area contributed by atoms with E-state index in [1.165, 1.54) is 12.8 Å². The molecule has 1 N–H and O–H groups in total. The van der Waals surface area contributed by atoms with E-state index in [4.69, 9.17) is 11.5 Å². The van der Waals surface area contributed by atoms with Crippen LogP contribution in [0.5, 0.6) is 0 Å². The molecule has 3 heteroatoms. The third kappa shape index (κ3) is 4.79. The Hall–Kier alpha value is -1.01. The maximum atomic E-state index is 12.0. The molecule has 1 aliphatic carbocycles. The van der Waals surface area contributed by atoms with Gasteiger partial charge in [-0.25, -0.2) is 0 Å². The molecule has 1 fully saturated rings. The largest absolute Gasteiger partial charge is 0.395 e. The number of carbonyl (C=O) groups is 1. The van der Waals surface area contributed by atoms with Gasteiger partial charge >= 0.3 is 0 Å². The molecular weight excluding hydrogens is 214 g/mol. The minimum Gasteiger partial charge on any atom is -0.395 e. The smallest absolute Gasteiger partial charge is 0.222 e. The third-order valence-electron chi connectivity index (χ3n) is 3.39. The number of amides is 1. The normalized spacial score (nSPS) is 15.8. The molecule has 0 radical (unpaired) electrons. The molecule has 0 unspecified atom stereocenters. The fourth-order valence-electron chi connectivity index (χ4n) is 2.48. The highest BCUT2D eigenvalue weighted by Crippen LogP contribution is 2.24. The van der Waals surface area contributed by atoms with E-state index in [0.29, 0.717) is 19.0 Å². The summed E-state index contributed by atoms with van der Waals surface area (Å²) in [6, 6.07) is 0.363. The quantitative estimate of drug-likeness (QED) is 0.543. The van der Waals surface area contributed by atoms with Gasteiger partial charge in [0.15, 0.2) is 0 Å². The first-order valence-electron chi connectivity index (χ1n) is 6.63. The molecular formula is C14H23NO2. The van der Waals surface area contributed by atoms with Crippen molar-refractivity contribution >= 4 is 5.91 Å². The van der Waals surface area contributed by atoms with Crippen molar-refractivity contribution in [1.82, 2.24) is 4.90 Å². The summed E-state index contributed by atoms with van der Waals surface area (Å²) in [5.41, 5.74) is 0. The summed E-state index contributed by atoms with van der Waals surface area (Å²) in [7, 11) is 0. The van der Waals surface area contributed by atoms with E-state index in [-0.39, 0.29) is 12.5 Å². The van der Waals surface area contributed by atoms with Crippen LogP contribution in [0.4, 0.5) is 0 Å². The molecule has 17 heavy (non-hydrogen) atoms. The zero-order chi connectivity index (χ0) is 12.5.